The summed E-state index contributed by atoms with van der Waals surface area (Å²) in [6.45, 7) is 6.47. The highest BCUT2D eigenvalue weighted by atomic mass is 14.8. The number of pyridine rings is 1. The van der Waals surface area contributed by atoms with Gasteiger partial charge in [-0.05, 0) is 62.3 Å². The molecule has 0 bridgehead atoms. The minimum absolute atomic E-state index is 0.985. The molecule has 2 nitrogen and oxygen atoms in total. The summed E-state index contributed by atoms with van der Waals surface area (Å²) in [5.41, 5.74) is 6.89. The van der Waals surface area contributed by atoms with Gasteiger partial charge >= 0.3 is 0 Å². The van der Waals surface area contributed by atoms with Gasteiger partial charge in [0.2, 0.25) is 0 Å². The minimum Gasteiger partial charge on any atom is -0.313 e. The molecule has 0 amide bonds. The summed E-state index contributed by atoms with van der Waals surface area (Å²) in [5, 5.41) is 4.94. The van der Waals surface area contributed by atoms with Crippen molar-refractivity contribution in [2.75, 3.05) is 6.54 Å². The van der Waals surface area contributed by atoms with E-state index in [1.54, 1.807) is 0 Å². The van der Waals surface area contributed by atoms with Crippen LogP contribution in [0.15, 0.2) is 18.2 Å². The second kappa shape index (κ2) is 5.92. The van der Waals surface area contributed by atoms with E-state index in [4.69, 9.17) is 4.98 Å². The molecule has 0 atom stereocenters. The summed E-state index contributed by atoms with van der Waals surface area (Å²) in [6, 6.07) is 6.58. The average Bonchev–Trinajstić information content (AvgIpc) is 2.48. The van der Waals surface area contributed by atoms with E-state index in [0.717, 1.165) is 19.5 Å². The smallest absolute Gasteiger partial charge is 0.0737 e. The quantitative estimate of drug-likeness (QED) is 0.850. The van der Waals surface area contributed by atoms with Crippen LogP contribution in [0.2, 0.25) is 0 Å². The molecular formula is C18H24N2. The van der Waals surface area contributed by atoms with E-state index in [1.165, 1.54) is 59.0 Å². The molecule has 2 heteroatoms. The number of rotatable bonds is 4. The Kier molecular flexibility index (Phi) is 4.02. The minimum atomic E-state index is 0.985. The fourth-order valence-corrected chi connectivity index (χ4v) is 3.28. The van der Waals surface area contributed by atoms with Gasteiger partial charge in [0.1, 0.15) is 0 Å². The van der Waals surface area contributed by atoms with Gasteiger partial charge in [-0.15, -0.1) is 0 Å². The number of nitrogens with one attached hydrogen (secondary N) is 1. The van der Waals surface area contributed by atoms with Crippen LogP contribution >= 0.6 is 0 Å². The van der Waals surface area contributed by atoms with E-state index in [9.17, 15) is 0 Å². The Balaban J connectivity index is 2.13. The number of benzene rings is 1. The van der Waals surface area contributed by atoms with Crippen LogP contribution in [0.3, 0.4) is 0 Å². The maximum Gasteiger partial charge on any atom is 0.0737 e. The van der Waals surface area contributed by atoms with Crippen LogP contribution in [0.5, 0.6) is 0 Å². The topological polar surface area (TPSA) is 24.9 Å². The van der Waals surface area contributed by atoms with Gasteiger partial charge < -0.3 is 5.32 Å². The molecule has 1 aliphatic rings. The second-order valence-electron chi connectivity index (χ2n) is 5.87. The first-order valence-corrected chi connectivity index (χ1v) is 7.92. The first kappa shape index (κ1) is 13.6. The third-order valence-corrected chi connectivity index (χ3v) is 4.34. The molecule has 1 aromatic carbocycles. The van der Waals surface area contributed by atoms with Gasteiger partial charge in [-0.1, -0.05) is 25.1 Å². The largest absolute Gasteiger partial charge is 0.313 e. The number of hydrogen-bond donors (Lipinski definition) is 1. The Morgan fingerprint density at radius 1 is 1.20 bits per heavy atom. The zero-order valence-corrected chi connectivity index (χ0v) is 12.6. The van der Waals surface area contributed by atoms with E-state index in [-0.39, 0.29) is 0 Å². The highest BCUT2D eigenvalue weighted by molar-refractivity contribution is 5.86. The third kappa shape index (κ3) is 2.45. The summed E-state index contributed by atoms with van der Waals surface area (Å²) in [4.78, 5) is 4.98. The number of aromatic nitrogens is 1. The van der Waals surface area contributed by atoms with Gasteiger partial charge in [0.15, 0.2) is 0 Å². The molecule has 20 heavy (non-hydrogen) atoms. The van der Waals surface area contributed by atoms with E-state index >= 15 is 0 Å². The highest BCUT2D eigenvalue weighted by Gasteiger charge is 2.18. The van der Waals surface area contributed by atoms with Crippen molar-refractivity contribution in [2.24, 2.45) is 0 Å². The average molecular weight is 268 g/mol. The fraction of sp³-hybridized carbons (Fsp3) is 0.500. The molecule has 0 radical (unpaired) electrons. The zero-order chi connectivity index (χ0) is 13.9. The van der Waals surface area contributed by atoms with Crippen molar-refractivity contribution >= 4 is 10.9 Å². The Labute approximate surface area is 121 Å². The summed E-state index contributed by atoms with van der Waals surface area (Å²) in [5.74, 6) is 0. The van der Waals surface area contributed by atoms with Crippen molar-refractivity contribution < 1.29 is 0 Å². The van der Waals surface area contributed by atoms with Gasteiger partial charge in [0.25, 0.3) is 0 Å². The molecule has 106 valence electrons. The third-order valence-electron chi connectivity index (χ3n) is 4.34. The number of nitrogens with zero attached hydrogens (tertiary/aromatic N) is 1. The van der Waals surface area contributed by atoms with Crippen LogP contribution in [-0.4, -0.2) is 11.5 Å². The predicted octanol–water partition coefficient (Wildman–Crippen LogP) is 3.92. The van der Waals surface area contributed by atoms with Crippen molar-refractivity contribution in [1.82, 2.24) is 10.3 Å². The van der Waals surface area contributed by atoms with Crippen LogP contribution in [0.25, 0.3) is 10.9 Å². The van der Waals surface area contributed by atoms with Gasteiger partial charge in [-0.2, -0.15) is 0 Å². The van der Waals surface area contributed by atoms with Gasteiger partial charge in [0, 0.05) is 17.6 Å². The van der Waals surface area contributed by atoms with Crippen molar-refractivity contribution in [1.29, 1.82) is 0 Å². The lowest BCUT2D eigenvalue weighted by Crippen LogP contribution is -2.18. The first-order valence-electron chi connectivity index (χ1n) is 7.92. The fourth-order valence-electron chi connectivity index (χ4n) is 3.28. The molecule has 3 rings (SSSR count). The van der Waals surface area contributed by atoms with Crippen LogP contribution in [0.4, 0.5) is 0 Å². The molecule has 0 saturated carbocycles. The monoisotopic (exact) mass is 268 g/mol. The molecule has 1 aliphatic carbocycles. The highest BCUT2D eigenvalue weighted by Crippen LogP contribution is 2.30. The normalized spacial score (nSPS) is 14.5. The molecule has 0 aliphatic heterocycles. The number of aryl methyl sites for hydroxylation is 2. The molecule has 0 fully saturated rings. The Morgan fingerprint density at radius 3 is 2.90 bits per heavy atom. The lowest BCUT2D eigenvalue weighted by atomic mass is 9.89. The maximum absolute atomic E-state index is 4.98. The molecular weight excluding hydrogens is 244 g/mol. The Hall–Kier alpha value is -1.41. The van der Waals surface area contributed by atoms with Gasteiger partial charge in [-0.3, -0.25) is 4.98 Å². The second-order valence-corrected chi connectivity index (χ2v) is 5.87. The van der Waals surface area contributed by atoms with E-state index in [0.29, 0.717) is 0 Å². The summed E-state index contributed by atoms with van der Waals surface area (Å²) in [6.07, 6.45) is 6.14. The molecule has 1 heterocycles. The zero-order valence-electron chi connectivity index (χ0n) is 12.6. The van der Waals surface area contributed by atoms with Crippen molar-refractivity contribution in [2.45, 2.75) is 52.5 Å². The van der Waals surface area contributed by atoms with Gasteiger partial charge in [-0.25, -0.2) is 0 Å². The van der Waals surface area contributed by atoms with Crippen molar-refractivity contribution in [3.05, 3.63) is 40.6 Å². The number of fused-ring (bicyclic) bond motifs is 2. The number of hydrogen-bond acceptors (Lipinski definition) is 2. The molecule has 0 saturated heterocycles. The summed E-state index contributed by atoms with van der Waals surface area (Å²) in [7, 11) is 0. The van der Waals surface area contributed by atoms with E-state index in [1.807, 2.05) is 0 Å². The van der Waals surface area contributed by atoms with Crippen LogP contribution in [-0.2, 0) is 19.4 Å². The summed E-state index contributed by atoms with van der Waals surface area (Å²) < 4.78 is 0. The summed E-state index contributed by atoms with van der Waals surface area (Å²) >= 11 is 0. The standard InChI is InChI=1S/C18H24N2/c1-3-11-19-12-16-14-8-4-5-10-17(14)20-18-13(2)7-6-9-15(16)18/h6-7,9,19H,3-5,8,10-12H2,1-2H3. The van der Waals surface area contributed by atoms with Gasteiger partial charge in [0.05, 0.1) is 5.52 Å². The van der Waals surface area contributed by atoms with Crippen molar-refractivity contribution in [3.8, 4) is 0 Å². The molecule has 2 aromatic rings. The lowest BCUT2D eigenvalue weighted by molar-refractivity contribution is 0.640. The van der Waals surface area contributed by atoms with Crippen LogP contribution in [0.1, 0.15) is 48.6 Å². The molecule has 1 N–H and O–H groups in total. The van der Waals surface area contributed by atoms with E-state index in [2.05, 4.69) is 37.4 Å². The van der Waals surface area contributed by atoms with E-state index < -0.39 is 0 Å². The van der Waals surface area contributed by atoms with Crippen LogP contribution in [0, 0.1) is 6.92 Å². The molecule has 0 spiro atoms. The molecule has 0 unspecified atom stereocenters. The first-order chi connectivity index (χ1) is 9.81. The Morgan fingerprint density at radius 2 is 2.05 bits per heavy atom. The number of para-hydroxylation sites is 1. The van der Waals surface area contributed by atoms with Crippen molar-refractivity contribution in [3.63, 3.8) is 0 Å². The lowest BCUT2D eigenvalue weighted by Gasteiger charge is -2.21. The maximum atomic E-state index is 4.98. The Bertz CT molecular complexity index is 616. The predicted molar refractivity (Wildman–Crippen MR) is 85.1 cm³/mol. The SMILES string of the molecule is CCCNCc1c2c(nc3c(C)cccc13)CCCC2. The van der Waals surface area contributed by atoms with Crippen LogP contribution < -0.4 is 5.32 Å². The molecule has 1 aromatic heterocycles.